The van der Waals surface area contributed by atoms with E-state index in [0.717, 1.165) is 151 Å². The van der Waals surface area contributed by atoms with Crippen LogP contribution >= 0.6 is 44.0 Å². The number of aromatic nitrogens is 2. The van der Waals surface area contributed by atoms with E-state index in [1.807, 2.05) is 125 Å². The first kappa shape index (κ1) is 92.6. The van der Waals surface area contributed by atoms with Crippen molar-refractivity contribution in [2.75, 3.05) is 39.3 Å². The maximum absolute atomic E-state index is 10.2. The molecule has 11 aromatic rings. The smallest absolute Gasteiger partial charge is 0.473 e. The van der Waals surface area contributed by atoms with Crippen molar-refractivity contribution in [1.82, 2.24) is 9.97 Å². The summed E-state index contributed by atoms with van der Waals surface area (Å²) in [4.78, 5) is 19.6. The Hall–Kier alpha value is -8.59. The molecular formula is C106H119BBr2FN5O9S. The van der Waals surface area contributed by atoms with Gasteiger partial charge in [0.15, 0.2) is 17.1 Å². The molecule has 125 heavy (non-hydrogen) atoms. The molecule has 652 valence electrons. The summed E-state index contributed by atoms with van der Waals surface area (Å²) in [5.41, 5.74) is 27.2. The number of pyridine rings is 2. The zero-order valence-electron chi connectivity index (χ0n) is 73.4. The fraction of sp³-hybridized carbons (Fsp3) is 0.443. The minimum atomic E-state index is -0.380. The van der Waals surface area contributed by atoms with Crippen molar-refractivity contribution in [1.29, 1.82) is 0 Å². The Labute approximate surface area is 761 Å². The maximum atomic E-state index is 10.2. The quantitative estimate of drug-likeness (QED) is 0.111. The topological polar surface area (TPSA) is 130 Å². The van der Waals surface area contributed by atoms with Gasteiger partial charge in [-0.15, -0.1) is 0 Å². The van der Waals surface area contributed by atoms with Crippen LogP contribution in [0.5, 0.6) is 0 Å². The van der Waals surface area contributed by atoms with Crippen LogP contribution in [0, 0.1) is 19.7 Å². The lowest BCUT2D eigenvalue weighted by molar-refractivity contribution is 0.00578. The number of furan rings is 2. The van der Waals surface area contributed by atoms with Crippen molar-refractivity contribution in [2.45, 2.75) is 262 Å². The van der Waals surface area contributed by atoms with Crippen LogP contribution < -0.4 is 5.66 Å². The van der Waals surface area contributed by atoms with Crippen LogP contribution in [0.4, 0.5) is 20.9 Å². The Bertz CT molecular complexity index is 5240. The number of fused-ring (bicyclic) bond motifs is 7. The van der Waals surface area contributed by atoms with Crippen LogP contribution in [0.1, 0.15) is 270 Å². The second-order valence-corrected chi connectivity index (χ2v) is 36.8. The molecule has 10 heterocycles. The highest BCUT2D eigenvalue weighted by molar-refractivity contribution is 9.11. The largest absolute Gasteiger partial charge is 0.532 e. The first-order valence-electron chi connectivity index (χ1n) is 45.6. The summed E-state index contributed by atoms with van der Waals surface area (Å²) in [5, 5.41) is 2.28. The van der Waals surface area contributed by atoms with Crippen molar-refractivity contribution in [3.63, 3.8) is 0 Å². The molecule has 0 N–H and O–H groups in total. The van der Waals surface area contributed by atoms with E-state index in [-0.39, 0.29) is 48.8 Å². The van der Waals surface area contributed by atoms with Gasteiger partial charge in [0.1, 0.15) is 11.4 Å². The van der Waals surface area contributed by atoms with E-state index in [1.54, 1.807) is 47.2 Å². The van der Waals surface area contributed by atoms with Gasteiger partial charge >= 0.3 is 7.12 Å². The summed E-state index contributed by atoms with van der Waals surface area (Å²) >= 11 is 7.41. The average molecular weight is 1830 g/mol. The molecule has 0 saturated carbocycles. The number of aryl methyl sites for hydroxylation is 5. The van der Waals surface area contributed by atoms with Crippen LogP contribution in [0.2, 0.25) is 0 Å². The molecule has 5 aliphatic carbocycles. The second kappa shape index (κ2) is 45.9. The summed E-state index contributed by atoms with van der Waals surface area (Å²) in [7, 11) is -0.380. The average Bonchev–Trinajstić information content (AvgIpc) is 1.63. The lowest BCUT2D eigenvalue weighted by Crippen LogP contribution is -2.41. The number of nitrogens with zero attached hydrogens (tertiary/aromatic N) is 5. The van der Waals surface area contributed by atoms with Gasteiger partial charge in [0.25, 0.3) is 0 Å². The third-order valence-corrected chi connectivity index (χ3v) is 27.7. The molecule has 11 aliphatic rings. The van der Waals surface area contributed by atoms with E-state index in [4.69, 9.17) is 61.5 Å². The second-order valence-electron chi connectivity index (χ2n) is 34.8. The normalized spacial score (nSPS) is 20.6. The van der Waals surface area contributed by atoms with Crippen LogP contribution in [0.3, 0.4) is 0 Å². The van der Waals surface area contributed by atoms with Gasteiger partial charge in [-0.2, -0.15) is 3.89 Å². The molecule has 0 spiro atoms. The summed E-state index contributed by atoms with van der Waals surface area (Å²) in [5.74, 6) is 0.883. The zero-order valence-corrected chi connectivity index (χ0v) is 77.4. The van der Waals surface area contributed by atoms with E-state index in [9.17, 15) is 3.89 Å². The number of halogens is 3. The molecule has 6 saturated heterocycles. The SMILES string of the molecule is Brc1ccc2c(c1C1CCCO1)CCCC2.Brc1cccc2ncccc12.CC1(C)OB(c2ccco2)OC1(C)C.CSF.[C-]#[N+]c1ccc2c(c1C1CCCO1)CCCC2.[C-]#[N+]c1ccc2c(c1[C@@H]1CCCO1)CCCC2.[C-]#[N+]c1ccc2c(c1[C@H]1CCCO1)CCCC2.c1cc2c(c(C3CCCO3)c1)CCCC2.c1coc(-c2cccc3ncccc23)c1. The van der Waals surface area contributed by atoms with Crippen LogP contribution in [-0.2, 0) is 97.2 Å². The molecule has 0 radical (unpaired) electrons. The van der Waals surface area contributed by atoms with Crippen LogP contribution in [0.25, 0.3) is 47.7 Å². The molecule has 3 unspecified atom stereocenters. The molecule has 19 heteroatoms. The molecule has 4 aromatic heterocycles. The highest BCUT2D eigenvalue weighted by Crippen LogP contribution is 2.47. The highest BCUT2D eigenvalue weighted by Gasteiger charge is 2.53. The Morgan fingerprint density at radius 1 is 0.376 bits per heavy atom. The standard InChI is InChI=1S/3C15H17NO.C14H17BrO.C14H18O.C13H9NO.C10H15BO3.C9H6BrN.CH3FS/c3*1-16-13-9-8-11-5-2-3-6-12(11)15(13)14-7-4-10-17-14;15-12-8-7-10-4-1-2-5-11(10)14(12)13-6-3-9-16-13;1-2-7-12-11(5-1)6-3-8-13(12)14-9-4-10-15-14;1-4-11(13-7-3-9-15-13)10-5-2-8-14-12(10)6-1;1-9(2)10(3,4)14-11(13-9)8-6-5-7-12-8;10-8-4-1-5-9-7(8)3-2-6-11-9;1-3-2/h3*8-9,14H,2-7,10H2;7-8,13H,1-6,9H2;3,6,8,14H,1-2,4-5,7,9-10H2;1-9H;5-7H,1-4H3;1-6H;1H3/t2*14-;;;;;;;/m10......./s1. The first-order valence-corrected chi connectivity index (χ1v) is 48.3. The minimum absolute atomic E-state index is 0.187. The lowest BCUT2D eigenvalue weighted by atomic mass is 9.85. The number of benzene rings is 7. The molecule has 7 aromatic carbocycles. The Morgan fingerprint density at radius 2 is 0.752 bits per heavy atom. The van der Waals surface area contributed by atoms with Crippen LogP contribution in [0.15, 0.2) is 194 Å². The van der Waals surface area contributed by atoms with Crippen molar-refractivity contribution in [2.24, 2.45) is 0 Å². The Morgan fingerprint density at radius 3 is 1.17 bits per heavy atom. The maximum Gasteiger partial charge on any atom is 0.532 e. The fourth-order valence-electron chi connectivity index (χ4n) is 19.4. The van der Waals surface area contributed by atoms with Gasteiger partial charge in [-0.05, 0) is 364 Å². The predicted octanol–water partition coefficient (Wildman–Crippen LogP) is 28.8. The van der Waals surface area contributed by atoms with Crippen molar-refractivity contribution < 1.29 is 45.7 Å². The van der Waals surface area contributed by atoms with Gasteiger partial charge in [-0.3, -0.25) is 9.97 Å². The van der Waals surface area contributed by atoms with Crippen molar-refractivity contribution in [3.05, 3.63) is 303 Å². The number of hydrogen-bond acceptors (Lipinski definition) is 12. The summed E-state index contributed by atoms with van der Waals surface area (Å²) < 4.78 is 63.9. The molecule has 0 bridgehead atoms. The van der Waals surface area contributed by atoms with Crippen molar-refractivity contribution >= 4 is 95.7 Å². The third kappa shape index (κ3) is 23.3. The van der Waals surface area contributed by atoms with E-state index >= 15 is 0 Å². The fourth-order valence-corrected chi connectivity index (χ4v) is 20.6. The summed E-state index contributed by atoms with van der Waals surface area (Å²) in [6, 6.07) is 51.3. The minimum Gasteiger partial charge on any atom is -0.473 e. The van der Waals surface area contributed by atoms with Gasteiger partial charge in [0, 0.05) is 89.1 Å². The monoisotopic (exact) mass is 1830 g/mol. The molecule has 5 atom stereocenters. The number of rotatable bonds is 7. The summed E-state index contributed by atoms with van der Waals surface area (Å²) in [6.45, 7) is 34.5. The molecule has 6 aliphatic heterocycles. The van der Waals surface area contributed by atoms with Gasteiger partial charge in [-0.25, -0.2) is 14.5 Å². The van der Waals surface area contributed by atoms with Crippen molar-refractivity contribution in [3.8, 4) is 11.3 Å². The van der Waals surface area contributed by atoms with E-state index < -0.39 is 0 Å². The molecule has 14 nitrogen and oxygen atoms in total. The molecule has 0 amide bonds. The zero-order chi connectivity index (χ0) is 86.9. The molecular weight excluding hydrogens is 1710 g/mol. The van der Waals surface area contributed by atoms with Crippen LogP contribution in [-0.4, -0.2) is 67.6 Å². The predicted molar refractivity (Wildman–Crippen MR) is 509 cm³/mol. The summed E-state index contributed by atoms with van der Waals surface area (Å²) in [6.07, 6.45) is 46.1. The van der Waals surface area contributed by atoms with E-state index in [0.29, 0.717) is 12.2 Å². The number of hydrogen-bond donors (Lipinski definition) is 0. The highest BCUT2D eigenvalue weighted by atomic mass is 79.9. The first-order chi connectivity index (χ1) is 61.2. The number of ether oxygens (including phenoxy) is 5. The Balaban J connectivity index is 0.000000116. The van der Waals surface area contributed by atoms with Gasteiger partial charge in [0.05, 0.1) is 85.0 Å². The third-order valence-electron chi connectivity index (χ3n) is 26.3. The van der Waals surface area contributed by atoms with Gasteiger partial charge < -0.3 is 41.8 Å². The van der Waals surface area contributed by atoms with Gasteiger partial charge in [-0.1, -0.05) is 123 Å². The molecule has 6 fully saturated rings. The Kier molecular flexibility index (Phi) is 34.0. The van der Waals surface area contributed by atoms with E-state index in [2.05, 4.69) is 111 Å². The molecule has 22 rings (SSSR count). The van der Waals surface area contributed by atoms with Gasteiger partial charge in [0.2, 0.25) is 0 Å². The lowest BCUT2D eigenvalue weighted by Gasteiger charge is -2.32. The van der Waals surface area contributed by atoms with E-state index in [1.165, 1.54) is 207 Å².